The highest BCUT2D eigenvalue weighted by molar-refractivity contribution is 7.90. The first kappa shape index (κ1) is 15.1. The lowest BCUT2D eigenvalue weighted by Crippen LogP contribution is -2.25. The van der Waals surface area contributed by atoms with Crippen LogP contribution in [0.1, 0.15) is 5.56 Å². The minimum Gasteiger partial charge on any atom is -0.375 e. The van der Waals surface area contributed by atoms with Gasteiger partial charge in [-0.25, -0.2) is 12.8 Å². The van der Waals surface area contributed by atoms with Gasteiger partial charge in [0.05, 0.1) is 19.0 Å². The number of halogens is 1. The van der Waals surface area contributed by atoms with Crippen LogP contribution in [0.3, 0.4) is 0 Å². The highest BCUT2D eigenvalue weighted by Crippen LogP contribution is 2.06. The molecule has 0 amide bonds. The molecule has 0 heterocycles. The maximum absolute atomic E-state index is 13.2. The topological polar surface area (TPSA) is 55.4 Å². The van der Waals surface area contributed by atoms with Crippen molar-refractivity contribution in [3.8, 4) is 0 Å². The van der Waals surface area contributed by atoms with Crippen molar-refractivity contribution >= 4 is 9.84 Å². The minimum absolute atomic E-state index is 0.111. The second-order valence-electron chi connectivity index (χ2n) is 4.02. The van der Waals surface area contributed by atoms with Gasteiger partial charge in [0, 0.05) is 24.9 Å². The van der Waals surface area contributed by atoms with Crippen molar-refractivity contribution in [2.75, 3.05) is 31.7 Å². The van der Waals surface area contributed by atoms with Crippen LogP contribution in [0.15, 0.2) is 24.3 Å². The molecule has 0 aliphatic heterocycles. The van der Waals surface area contributed by atoms with Gasteiger partial charge in [0.25, 0.3) is 0 Å². The SMILES string of the molecule is CS(=O)(=O)CCNCCOCc1ccccc1F. The van der Waals surface area contributed by atoms with Crippen LogP contribution in [0, 0.1) is 5.82 Å². The minimum atomic E-state index is -2.92. The molecule has 0 aromatic heterocycles. The van der Waals surface area contributed by atoms with E-state index in [1.54, 1.807) is 18.2 Å². The number of sulfone groups is 1. The van der Waals surface area contributed by atoms with Crippen molar-refractivity contribution in [2.24, 2.45) is 0 Å². The molecule has 1 rings (SSSR count). The summed E-state index contributed by atoms with van der Waals surface area (Å²) in [5.74, 6) is -0.164. The summed E-state index contributed by atoms with van der Waals surface area (Å²) in [6, 6.07) is 6.45. The zero-order chi connectivity index (χ0) is 13.4. The summed E-state index contributed by atoms with van der Waals surface area (Å²) >= 11 is 0. The van der Waals surface area contributed by atoms with Gasteiger partial charge in [-0.15, -0.1) is 0 Å². The van der Waals surface area contributed by atoms with Gasteiger partial charge in [-0.05, 0) is 6.07 Å². The number of rotatable bonds is 8. The zero-order valence-electron chi connectivity index (χ0n) is 10.4. The Morgan fingerprint density at radius 2 is 2.00 bits per heavy atom. The van der Waals surface area contributed by atoms with E-state index in [2.05, 4.69) is 5.32 Å². The third-order valence-corrected chi connectivity index (χ3v) is 3.23. The quantitative estimate of drug-likeness (QED) is 0.719. The second-order valence-corrected chi connectivity index (χ2v) is 6.28. The normalized spacial score (nSPS) is 11.7. The van der Waals surface area contributed by atoms with Crippen LogP contribution < -0.4 is 5.32 Å². The van der Waals surface area contributed by atoms with Gasteiger partial charge in [-0.1, -0.05) is 18.2 Å². The Kier molecular flexibility index (Phi) is 6.24. The molecule has 102 valence electrons. The molecule has 0 bridgehead atoms. The van der Waals surface area contributed by atoms with Crippen molar-refractivity contribution < 1.29 is 17.5 Å². The van der Waals surface area contributed by atoms with E-state index in [4.69, 9.17) is 4.74 Å². The average molecular weight is 275 g/mol. The Morgan fingerprint density at radius 1 is 1.28 bits per heavy atom. The third kappa shape index (κ3) is 6.68. The summed E-state index contributed by atoms with van der Waals surface area (Å²) in [6.07, 6.45) is 1.20. The lowest BCUT2D eigenvalue weighted by molar-refractivity contribution is 0.120. The Labute approximate surface area is 107 Å². The fraction of sp³-hybridized carbons (Fsp3) is 0.500. The first-order valence-corrected chi connectivity index (χ1v) is 7.75. The number of hydrogen-bond acceptors (Lipinski definition) is 4. The maximum Gasteiger partial charge on any atom is 0.148 e. The van der Waals surface area contributed by atoms with Gasteiger partial charge in [-0.2, -0.15) is 0 Å². The van der Waals surface area contributed by atoms with Crippen molar-refractivity contribution in [3.63, 3.8) is 0 Å². The van der Waals surface area contributed by atoms with Crippen LogP contribution in [0.25, 0.3) is 0 Å². The highest BCUT2D eigenvalue weighted by atomic mass is 32.2. The molecule has 0 saturated carbocycles. The zero-order valence-corrected chi connectivity index (χ0v) is 11.2. The lowest BCUT2D eigenvalue weighted by Gasteiger charge is -2.06. The van der Waals surface area contributed by atoms with E-state index in [1.807, 2.05) is 0 Å². The van der Waals surface area contributed by atoms with E-state index < -0.39 is 9.84 Å². The Balaban J connectivity index is 2.08. The number of benzene rings is 1. The first-order valence-electron chi connectivity index (χ1n) is 5.68. The van der Waals surface area contributed by atoms with Crippen LogP contribution >= 0.6 is 0 Å². The predicted molar refractivity (Wildman–Crippen MR) is 68.6 cm³/mol. The molecule has 0 atom stereocenters. The van der Waals surface area contributed by atoms with Crippen molar-refractivity contribution in [2.45, 2.75) is 6.61 Å². The van der Waals surface area contributed by atoms with Gasteiger partial charge in [0.2, 0.25) is 0 Å². The van der Waals surface area contributed by atoms with E-state index in [0.29, 0.717) is 25.3 Å². The molecular formula is C12H18FNO3S. The summed E-state index contributed by atoms with van der Waals surface area (Å²) in [7, 11) is -2.92. The summed E-state index contributed by atoms with van der Waals surface area (Å²) < 4.78 is 40.1. The van der Waals surface area contributed by atoms with E-state index >= 15 is 0 Å². The molecule has 0 spiro atoms. The second kappa shape index (κ2) is 7.45. The molecule has 0 fully saturated rings. The number of ether oxygens (including phenoxy) is 1. The average Bonchev–Trinajstić information content (AvgIpc) is 2.28. The van der Waals surface area contributed by atoms with Crippen molar-refractivity contribution in [1.29, 1.82) is 0 Å². The molecule has 0 aliphatic rings. The van der Waals surface area contributed by atoms with Crippen LogP contribution in [0.5, 0.6) is 0 Å². The van der Waals surface area contributed by atoms with Gasteiger partial charge >= 0.3 is 0 Å². The van der Waals surface area contributed by atoms with E-state index in [-0.39, 0.29) is 18.2 Å². The molecule has 6 heteroatoms. The molecule has 18 heavy (non-hydrogen) atoms. The largest absolute Gasteiger partial charge is 0.375 e. The summed E-state index contributed by atoms with van der Waals surface area (Å²) in [5, 5.41) is 2.94. The molecule has 0 aliphatic carbocycles. The van der Waals surface area contributed by atoms with Crippen LogP contribution in [-0.2, 0) is 21.2 Å². The Hall–Kier alpha value is -0.980. The van der Waals surface area contributed by atoms with E-state index in [1.165, 1.54) is 12.3 Å². The van der Waals surface area contributed by atoms with Crippen LogP contribution in [0.2, 0.25) is 0 Å². The lowest BCUT2D eigenvalue weighted by atomic mass is 10.2. The van der Waals surface area contributed by atoms with Gasteiger partial charge < -0.3 is 10.1 Å². The molecule has 0 unspecified atom stereocenters. The fourth-order valence-electron chi connectivity index (χ4n) is 1.32. The summed E-state index contributed by atoms with van der Waals surface area (Å²) in [6.45, 7) is 1.59. The number of hydrogen-bond donors (Lipinski definition) is 1. The van der Waals surface area contributed by atoms with Crippen molar-refractivity contribution in [1.82, 2.24) is 5.32 Å². The fourth-order valence-corrected chi connectivity index (χ4v) is 1.84. The first-order chi connectivity index (χ1) is 8.49. The molecule has 0 saturated heterocycles. The molecular weight excluding hydrogens is 257 g/mol. The van der Waals surface area contributed by atoms with Crippen molar-refractivity contribution in [3.05, 3.63) is 35.6 Å². The Morgan fingerprint density at radius 3 is 2.67 bits per heavy atom. The predicted octanol–water partition coefficient (Wildman–Crippen LogP) is 0.976. The van der Waals surface area contributed by atoms with Crippen LogP contribution in [0.4, 0.5) is 4.39 Å². The van der Waals surface area contributed by atoms with Gasteiger partial charge in [0.1, 0.15) is 15.7 Å². The van der Waals surface area contributed by atoms with E-state index in [9.17, 15) is 12.8 Å². The monoisotopic (exact) mass is 275 g/mol. The smallest absolute Gasteiger partial charge is 0.148 e. The van der Waals surface area contributed by atoms with Crippen LogP contribution in [-0.4, -0.2) is 40.1 Å². The van der Waals surface area contributed by atoms with E-state index in [0.717, 1.165) is 0 Å². The highest BCUT2D eigenvalue weighted by Gasteiger charge is 2.01. The molecule has 4 nitrogen and oxygen atoms in total. The Bertz CT molecular complexity index is 462. The maximum atomic E-state index is 13.2. The molecule has 1 N–H and O–H groups in total. The standard InChI is InChI=1S/C12H18FNO3S/c1-18(15,16)9-7-14-6-8-17-10-11-4-2-3-5-12(11)13/h2-5,14H,6-10H2,1H3. The van der Waals surface area contributed by atoms with Gasteiger partial charge in [0.15, 0.2) is 0 Å². The molecule has 1 aromatic rings. The van der Waals surface area contributed by atoms with Gasteiger partial charge in [-0.3, -0.25) is 0 Å². The third-order valence-electron chi connectivity index (χ3n) is 2.29. The molecule has 1 aromatic carbocycles. The summed E-state index contributed by atoms with van der Waals surface area (Å²) in [5.41, 5.74) is 0.522. The number of nitrogens with one attached hydrogen (secondary N) is 1. The summed E-state index contributed by atoms with van der Waals surface area (Å²) in [4.78, 5) is 0. The molecule has 0 radical (unpaired) electrons.